The van der Waals surface area contributed by atoms with E-state index in [1.54, 1.807) is 12.1 Å². The van der Waals surface area contributed by atoms with Crippen molar-refractivity contribution in [3.05, 3.63) is 33.8 Å². The Labute approximate surface area is 122 Å². The number of hydrogen-bond donors (Lipinski definition) is 1. The number of ether oxygens (including phenoxy) is 1. The summed E-state index contributed by atoms with van der Waals surface area (Å²) in [4.78, 5) is 10.6. The fourth-order valence-corrected chi connectivity index (χ4v) is 1.92. The van der Waals surface area contributed by atoms with E-state index in [4.69, 9.17) is 33.0 Å². The van der Waals surface area contributed by atoms with Gasteiger partial charge >= 0.3 is 5.97 Å². The van der Waals surface area contributed by atoms with Crippen molar-refractivity contribution in [3.8, 4) is 5.75 Å². The van der Waals surface area contributed by atoms with Gasteiger partial charge in [0.2, 0.25) is 0 Å². The summed E-state index contributed by atoms with van der Waals surface area (Å²) in [6, 6.07) is 3.20. The maximum atomic E-state index is 10.6. The molecule has 1 aromatic rings. The van der Waals surface area contributed by atoms with E-state index in [2.05, 4.69) is 13.8 Å². The second-order valence-corrected chi connectivity index (χ2v) is 5.15. The fraction of sp³-hybridized carbons (Fsp3) is 0.357. The largest absolute Gasteiger partial charge is 0.491 e. The van der Waals surface area contributed by atoms with Crippen molar-refractivity contribution in [1.82, 2.24) is 0 Å². The number of carboxylic acid groups (broad SMARTS) is 1. The van der Waals surface area contributed by atoms with Crippen LogP contribution >= 0.6 is 23.2 Å². The molecule has 0 spiro atoms. The fourth-order valence-electron chi connectivity index (χ4n) is 1.36. The maximum Gasteiger partial charge on any atom is 0.328 e. The Hall–Kier alpha value is -1.19. The van der Waals surface area contributed by atoms with Crippen LogP contribution < -0.4 is 4.74 Å². The molecule has 1 atom stereocenters. The third-order valence-electron chi connectivity index (χ3n) is 2.65. The zero-order valence-electron chi connectivity index (χ0n) is 10.8. The average molecular weight is 303 g/mol. The zero-order valence-corrected chi connectivity index (χ0v) is 12.3. The van der Waals surface area contributed by atoms with Gasteiger partial charge in [-0.2, -0.15) is 0 Å². The molecule has 0 radical (unpaired) electrons. The molecule has 0 saturated carbocycles. The lowest BCUT2D eigenvalue weighted by Crippen LogP contribution is -2.08. The highest BCUT2D eigenvalue weighted by Gasteiger charge is 2.10. The second kappa shape index (κ2) is 7.41. The molecular formula is C14H16Cl2O3. The van der Waals surface area contributed by atoms with Crippen LogP contribution in [0.25, 0.3) is 6.08 Å². The van der Waals surface area contributed by atoms with E-state index in [0.717, 1.165) is 12.5 Å². The van der Waals surface area contributed by atoms with Crippen molar-refractivity contribution in [1.29, 1.82) is 0 Å². The quantitative estimate of drug-likeness (QED) is 0.786. The molecule has 0 aromatic heterocycles. The normalized spacial score (nSPS) is 12.6. The Morgan fingerprint density at radius 3 is 2.74 bits per heavy atom. The van der Waals surface area contributed by atoms with E-state index >= 15 is 0 Å². The molecule has 5 heteroatoms. The summed E-state index contributed by atoms with van der Waals surface area (Å²) in [6.07, 6.45) is 3.44. The Kier molecular flexibility index (Phi) is 6.19. The Balaban J connectivity index is 3.02. The molecule has 0 aliphatic rings. The number of aliphatic carboxylic acids is 1. The molecule has 0 saturated heterocycles. The van der Waals surface area contributed by atoms with Gasteiger partial charge in [0.15, 0.2) is 0 Å². The van der Waals surface area contributed by atoms with Gasteiger partial charge in [0.1, 0.15) is 5.75 Å². The summed E-state index contributed by atoms with van der Waals surface area (Å²) in [5, 5.41) is 9.48. The molecule has 0 bridgehead atoms. The minimum absolute atomic E-state index is 0.376. The molecule has 0 aliphatic carbocycles. The molecule has 19 heavy (non-hydrogen) atoms. The van der Waals surface area contributed by atoms with Crippen molar-refractivity contribution >= 4 is 35.2 Å². The monoisotopic (exact) mass is 302 g/mol. The smallest absolute Gasteiger partial charge is 0.328 e. The summed E-state index contributed by atoms with van der Waals surface area (Å²) in [6.45, 7) is 4.66. The van der Waals surface area contributed by atoms with Crippen LogP contribution in [0.2, 0.25) is 10.0 Å². The standard InChI is InChI=1S/C14H16Cl2O3/c1-3-9(2)8-19-14-10(4-5-13(17)18)6-11(15)7-12(14)16/h4-7,9H,3,8H2,1-2H3,(H,17,18). The third-order valence-corrected chi connectivity index (χ3v) is 3.15. The molecule has 0 aliphatic heterocycles. The van der Waals surface area contributed by atoms with Crippen molar-refractivity contribution in [3.63, 3.8) is 0 Å². The second-order valence-electron chi connectivity index (χ2n) is 4.30. The molecule has 104 valence electrons. The van der Waals surface area contributed by atoms with Gasteiger partial charge in [-0.1, -0.05) is 43.5 Å². The minimum Gasteiger partial charge on any atom is -0.491 e. The third kappa shape index (κ3) is 5.13. The predicted molar refractivity (Wildman–Crippen MR) is 78.1 cm³/mol. The van der Waals surface area contributed by atoms with Crippen molar-refractivity contribution in [2.45, 2.75) is 20.3 Å². The first-order chi connectivity index (χ1) is 8.93. The van der Waals surface area contributed by atoms with E-state index in [0.29, 0.717) is 33.9 Å². The lowest BCUT2D eigenvalue weighted by atomic mass is 10.1. The lowest BCUT2D eigenvalue weighted by Gasteiger charge is -2.14. The molecular weight excluding hydrogens is 287 g/mol. The van der Waals surface area contributed by atoms with Crippen LogP contribution in [-0.4, -0.2) is 17.7 Å². The number of hydrogen-bond acceptors (Lipinski definition) is 2. The summed E-state index contributed by atoms with van der Waals surface area (Å²) in [5.41, 5.74) is 0.559. The maximum absolute atomic E-state index is 10.6. The molecule has 1 rings (SSSR count). The predicted octanol–water partition coefficient (Wildman–Crippen LogP) is 4.52. The number of rotatable bonds is 6. The van der Waals surface area contributed by atoms with Crippen LogP contribution in [0.5, 0.6) is 5.75 Å². The topological polar surface area (TPSA) is 46.5 Å². The van der Waals surface area contributed by atoms with Crippen LogP contribution in [0.15, 0.2) is 18.2 Å². The molecule has 1 N–H and O–H groups in total. The molecule has 0 heterocycles. The van der Waals surface area contributed by atoms with Gasteiger partial charge in [-0.05, 0) is 24.1 Å². The number of carbonyl (C=O) groups is 1. The highest BCUT2D eigenvalue weighted by atomic mass is 35.5. The van der Waals surface area contributed by atoms with Crippen molar-refractivity contribution < 1.29 is 14.6 Å². The lowest BCUT2D eigenvalue weighted by molar-refractivity contribution is -0.131. The van der Waals surface area contributed by atoms with Crippen LogP contribution in [0.4, 0.5) is 0 Å². The first-order valence-corrected chi connectivity index (χ1v) is 6.72. The summed E-state index contributed by atoms with van der Waals surface area (Å²) < 4.78 is 5.67. The molecule has 0 fully saturated rings. The van der Waals surface area contributed by atoms with Gasteiger partial charge in [-0.25, -0.2) is 4.79 Å². The van der Waals surface area contributed by atoms with Crippen LogP contribution in [0.1, 0.15) is 25.8 Å². The molecule has 1 unspecified atom stereocenters. The highest BCUT2D eigenvalue weighted by molar-refractivity contribution is 6.35. The Bertz CT molecular complexity index is 484. The van der Waals surface area contributed by atoms with E-state index < -0.39 is 5.97 Å². The van der Waals surface area contributed by atoms with Gasteiger partial charge in [-0.15, -0.1) is 0 Å². The first kappa shape index (κ1) is 15.9. The highest BCUT2D eigenvalue weighted by Crippen LogP contribution is 2.33. The first-order valence-electron chi connectivity index (χ1n) is 5.96. The molecule has 0 amide bonds. The number of carboxylic acids is 1. The van der Waals surface area contributed by atoms with Crippen molar-refractivity contribution in [2.75, 3.05) is 6.61 Å². The van der Waals surface area contributed by atoms with E-state index in [9.17, 15) is 4.79 Å². The minimum atomic E-state index is -1.04. The van der Waals surface area contributed by atoms with Gasteiger partial charge in [0.05, 0.1) is 11.6 Å². The Morgan fingerprint density at radius 2 is 2.16 bits per heavy atom. The SMILES string of the molecule is CCC(C)COc1c(Cl)cc(Cl)cc1C=CC(=O)O. The summed E-state index contributed by atoms with van der Waals surface area (Å²) in [7, 11) is 0. The van der Waals surface area contributed by atoms with Gasteiger partial charge in [0, 0.05) is 16.7 Å². The van der Waals surface area contributed by atoms with E-state index in [1.807, 2.05) is 0 Å². The van der Waals surface area contributed by atoms with Gasteiger partial charge in [0.25, 0.3) is 0 Å². The average Bonchev–Trinajstić information content (AvgIpc) is 2.34. The van der Waals surface area contributed by atoms with Crippen LogP contribution in [0, 0.1) is 5.92 Å². The molecule has 1 aromatic carbocycles. The summed E-state index contributed by atoms with van der Waals surface area (Å²) >= 11 is 12.0. The van der Waals surface area contributed by atoms with E-state index in [-0.39, 0.29) is 0 Å². The number of benzene rings is 1. The van der Waals surface area contributed by atoms with Crippen molar-refractivity contribution in [2.24, 2.45) is 5.92 Å². The van der Waals surface area contributed by atoms with Gasteiger partial charge in [-0.3, -0.25) is 0 Å². The molecule has 3 nitrogen and oxygen atoms in total. The number of halogens is 2. The van der Waals surface area contributed by atoms with E-state index in [1.165, 1.54) is 6.08 Å². The van der Waals surface area contributed by atoms with Crippen LogP contribution in [0.3, 0.4) is 0 Å². The zero-order chi connectivity index (χ0) is 14.4. The van der Waals surface area contributed by atoms with Gasteiger partial charge < -0.3 is 9.84 Å². The van der Waals surface area contributed by atoms with Crippen LogP contribution in [-0.2, 0) is 4.79 Å². The Morgan fingerprint density at radius 1 is 1.47 bits per heavy atom. The summed E-state index contributed by atoms with van der Waals surface area (Å²) in [5.74, 6) is -0.184.